The van der Waals surface area contributed by atoms with Crippen LogP contribution in [0, 0.1) is 17.8 Å². The second-order valence-electron chi connectivity index (χ2n) is 10.6. The van der Waals surface area contributed by atoms with Crippen LogP contribution in [-0.4, -0.2) is 20.3 Å². The molecule has 0 N–H and O–H groups in total. The summed E-state index contributed by atoms with van der Waals surface area (Å²) < 4.78 is 10.7. The molecule has 210 valence electrons. The number of hydrogen-bond acceptors (Lipinski definition) is 7. The van der Waals surface area contributed by atoms with Crippen LogP contribution in [0.5, 0.6) is 0 Å². The summed E-state index contributed by atoms with van der Waals surface area (Å²) in [4.78, 5) is 8.09. The summed E-state index contributed by atoms with van der Waals surface area (Å²) in [5.74, 6) is 2.50. The Balaban J connectivity index is 0.000000245. The maximum absolute atomic E-state index is 5.01. The van der Waals surface area contributed by atoms with Crippen molar-refractivity contribution < 1.29 is 9.05 Å². The van der Waals surface area contributed by atoms with Crippen molar-refractivity contribution in [3.8, 4) is 0 Å². The van der Waals surface area contributed by atoms with Crippen LogP contribution in [0.4, 0.5) is 0 Å². The van der Waals surface area contributed by atoms with Gasteiger partial charge in [-0.2, -0.15) is 0 Å². The smallest absolute Gasteiger partial charge is 0.181 e. The van der Waals surface area contributed by atoms with Gasteiger partial charge in [0.2, 0.25) is 0 Å². The van der Waals surface area contributed by atoms with Crippen LogP contribution in [0.15, 0.2) is 93.7 Å². The van der Waals surface area contributed by atoms with Crippen molar-refractivity contribution in [3.63, 3.8) is 0 Å². The number of oxazole rings is 1. The minimum atomic E-state index is 0.803. The molecule has 0 saturated heterocycles. The van der Waals surface area contributed by atoms with Gasteiger partial charge in [0.05, 0.1) is 15.7 Å². The van der Waals surface area contributed by atoms with Gasteiger partial charge in [0.25, 0.3) is 0 Å². The zero-order valence-corrected chi connectivity index (χ0v) is 25.6. The maximum atomic E-state index is 5.01. The van der Waals surface area contributed by atoms with Gasteiger partial charge in [0.1, 0.15) is 16.6 Å². The molecule has 0 amide bonds. The number of thiazole rings is 1. The third kappa shape index (κ3) is 16.1. The van der Waals surface area contributed by atoms with Crippen LogP contribution < -0.4 is 0 Å². The standard InChI is InChI=1S/C7H5NO.C7H5NS.C6H4N2O.3C4H10/c2*1-2-4-7-6(3-1)8-5-9-7;1-2-4-6-5(3-1)7-9-8-6;3*1-4(2)3/h2*1-5H;1-4H;3*4H,1-3H3. The van der Waals surface area contributed by atoms with E-state index >= 15 is 0 Å². The maximum Gasteiger partial charge on any atom is 0.181 e. The number of para-hydroxylation sites is 3. The molecule has 7 heteroatoms. The molecule has 3 aromatic carbocycles. The molecule has 0 bridgehead atoms. The van der Waals surface area contributed by atoms with Crippen molar-refractivity contribution in [2.45, 2.75) is 62.3 Å². The van der Waals surface area contributed by atoms with Crippen molar-refractivity contribution >= 4 is 43.7 Å². The van der Waals surface area contributed by atoms with Crippen LogP contribution in [0.1, 0.15) is 62.3 Å². The summed E-state index contributed by atoms with van der Waals surface area (Å²) in [6, 6.07) is 23.3. The SMILES string of the molecule is CC(C)C.CC(C)C.CC(C)C.c1ccc2nonc2c1.c1ccc2ocnc2c1.c1ccc2scnc2c1. The van der Waals surface area contributed by atoms with E-state index in [1.165, 1.54) is 11.1 Å². The van der Waals surface area contributed by atoms with Gasteiger partial charge in [-0.15, -0.1) is 11.3 Å². The van der Waals surface area contributed by atoms with E-state index in [1.807, 2.05) is 72.2 Å². The molecule has 3 heterocycles. The summed E-state index contributed by atoms with van der Waals surface area (Å²) in [5.41, 5.74) is 6.33. The Hall–Kier alpha value is -3.58. The molecule has 0 aliphatic heterocycles. The molecule has 6 rings (SSSR count). The Kier molecular flexibility index (Phi) is 16.7. The lowest BCUT2D eigenvalue weighted by Gasteiger charge is -1.80. The average Bonchev–Trinajstić information content (AvgIpc) is 3.64. The van der Waals surface area contributed by atoms with Crippen LogP contribution in [0.25, 0.3) is 32.3 Å². The van der Waals surface area contributed by atoms with Gasteiger partial charge in [-0.05, 0) is 64.5 Å². The third-order valence-corrected chi connectivity index (χ3v) is 4.44. The van der Waals surface area contributed by atoms with Crippen molar-refractivity contribution in [2.75, 3.05) is 0 Å². The first-order valence-corrected chi connectivity index (χ1v) is 14.2. The number of nitrogens with zero attached hydrogens (tertiary/aromatic N) is 4. The zero-order chi connectivity index (χ0) is 29.0. The lowest BCUT2D eigenvalue weighted by molar-refractivity contribution is 0.315. The van der Waals surface area contributed by atoms with Gasteiger partial charge in [-0.3, -0.25) is 0 Å². The molecule has 0 atom stereocenters. The summed E-state index contributed by atoms with van der Waals surface area (Å²) in [7, 11) is 0. The van der Waals surface area contributed by atoms with Crippen LogP contribution in [0.2, 0.25) is 0 Å². The first kappa shape index (κ1) is 33.4. The van der Waals surface area contributed by atoms with Crippen molar-refractivity contribution in [1.29, 1.82) is 0 Å². The second-order valence-corrected chi connectivity index (χ2v) is 11.5. The molecule has 0 saturated carbocycles. The molecule has 0 fully saturated rings. The number of aromatic nitrogens is 4. The third-order valence-electron chi connectivity index (χ3n) is 3.63. The minimum absolute atomic E-state index is 0.803. The number of fused-ring (bicyclic) bond motifs is 3. The van der Waals surface area contributed by atoms with Gasteiger partial charge >= 0.3 is 0 Å². The molecule has 0 radical (unpaired) electrons. The van der Waals surface area contributed by atoms with Gasteiger partial charge in [-0.1, -0.05) is 98.7 Å². The Morgan fingerprint density at radius 2 is 0.974 bits per heavy atom. The monoisotopic (exact) mass is 548 g/mol. The predicted octanol–water partition coefficient (Wildman–Crippen LogP) is 10.3. The summed E-state index contributed by atoms with van der Waals surface area (Å²) in [6.45, 7) is 19.5. The van der Waals surface area contributed by atoms with Gasteiger partial charge < -0.3 is 4.42 Å². The van der Waals surface area contributed by atoms with Crippen molar-refractivity contribution in [3.05, 3.63) is 84.7 Å². The molecule has 0 aliphatic rings. The van der Waals surface area contributed by atoms with Crippen LogP contribution in [-0.2, 0) is 0 Å². The second kappa shape index (κ2) is 19.5. The number of rotatable bonds is 0. The molecule has 6 nitrogen and oxygen atoms in total. The Labute approximate surface area is 237 Å². The minimum Gasteiger partial charge on any atom is -0.443 e. The molecular formula is C32H44N4O2S. The lowest BCUT2D eigenvalue weighted by atomic mass is 10.3. The Morgan fingerprint density at radius 3 is 1.46 bits per heavy atom. The summed E-state index contributed by atoms with van der Waals surface area (Å²) in [6.07, 6.45) is 1.45. The van der Waals surface area contributed by atoms with Crippen LogP contribution in [0.3, 0.4) is 0 Å². The fourth-order valence-corrected chi connectivity index (χ4v) is 3.01. The predicted molar refractivity (Wildman–Crippen MR) is 167 cm³/mol. The molecule has 0 spiro atoms. The van der Waals surface area contributed by atoms with Crippen LogP contribution >= 0.6 is 11.3 Å². The number of hydrogen-bond donors (Lipinski definition) is 0. The normalized spacial score (nSPS) is 9.85. The fourth-order valence-electron chi connectivity index (χ4n) is 2.33. The van der Waals surface area contributed by atoms with E-state index < -0.39 is 0 Å². The topological polar surface area (TPSA) is 77.8 Å². The highest BCUT2D eigenvalue weighted by atomic mass is 32.1. The van der Waals surface area contributed by atoms with Gasteiger partial charge in [0, 0.05) is 0 Å². The van der Waals surface area contributed by atoms with E-state index in [-0.39, 0.29) is 0 Å². The Bertz CT molecular complexity index is 1130. The Morgan fingerprint density at radius 1 is 0.538 bits per heavy atom. The van der Waals surface area contributed by atoms with E-state index in [0.717, 1.165) is 45.4 Å². The van der Waals surface area contributed by atoms with Crippen molar-refractivity contribution in [2.24, 2.45) is 17.8 Å². The van der Waals surface area contributed by atoms with Gasteiger partial charge in [-0.25, -0.2) is 14.6 Å². The molecule has 0 aliphatic carbocycles. The first-order chi connectivity index (χ1) is 18.6. The fraction of sp³-hybridized carbons (Fsp3) is 0.375. The van der Waals surface area contributed by atoms with Gasteiger partial charge in [0.15, 0.2) is 12.0 Å². The highest BCUT2D eigenvalue weighted by molar-refractivity contribution is 7.16. The highest BCUT2D eigenvalue weighted by Crippen LogP contribution is 2.15. The summed E-state index contributed by atoms with van der Waals surface area (Å²) in [5, 5.41) is 7.27. The largest absolute Gasteiger partial charge is 0.443 e. The number of benzene rings is 3. The zero-order valence-electron chi connectivity index (χ0n) is 24.8. The molecule has 39 heavy (non-hydrogen) atoms. The summed E-state index contributed by atoms with van der Waals surface area (Å²) >= 11 is 1.68. The quantitative estimate of drug-likeness (QED) is 0.188. The average molecular weight is 549 g/mol. The molecule has 3 aromatic heterocycles. The van der Waals surface area contributed by atoms with E-state index in [0.29, 0.717) is 0 Å². The van der Waals surface area contributed by atoms with E-state index in [1.54, 1.807) is 11.3 Å². The van der Waals surface area contributed by atoms with E-state index in [4.69, 9.17) is 4.42 Å². The molecule has 6 aromatic rings. The highest BCUT2D eigenvalue weighted by Gasteiger charge is 1.93. The van der Waals surface area contributed by atoms with Crippen molar-refractivity contribution in [1.82, 2.24) is 20.3 Å². The molecule has 0 unspecified atom stereocenters. The van der Waals surface area contributed by atoms with E-state index in [2.05, 4.69) is 93.3 Å². The molecular weight excluding hydrogens is 504 g/mol. The van der Waals surface area contributed by atoms with E-state index in [9.17, 15) is 0 Å². The first-order valence-electron chi connectivity index (χ1n) is 13.3. The lowest BCUT2D eigenvalue weighted by Crippen LogP contribution is -1.66.